The fraction of sp³-hybridized carbons (Fsp3) is 0.250. The lowest BCUT2D eigenvalue weighted by Gasteiger charge is -2.25. The molecule has 4 aromatic rings. The van der Waals surface area contributed by atoms with E-state index in [4.69, 9.17) is 25.8 Å². The first-order valence-electron chi connectivity index (χ1n) is 13.6. The molecule has 0 spiro atoms. The van der Waals surface area contributed by atoms with Crippen LogP contribution in [-0.2, 0) is 14.8 Å². The molecule has 44 heavy (non-hydrogen) atoms. The van der Waals surface area contributed by atoms with E-state index < -0.39 is 22.5 Å². The number of hydrazone groups is 1. The van der Waals surface area contributed by atoms with Crippen LogP contribution in [0.25, 0.3) is 5.69 Å². The maximum Gasteiger partial charge on any atom is 0.265 e. The number of anilines is 1. The number of rotatable bonds is 11. The highest BCUT2D eigenvalue weighted by molar-refractivity contribution is 7.92. The van der Waals surface area contributed by atoms with Gasteiger partial charge >= 0.3 is 0 Å². The molecular formula is C32H35ClN4O6S. The number of amides is 1. The molecule has 1 N–H and O–H groups in total. The van der Waals surface area contributed by atoms with Gasteiger partial charge in [0, 0.05) is 33.7 Å². The summed E-state index contributed by atoms with van der Waals surface area (Å²) in [6, 6.07) is 16.9. The highest BCUT2D eigenvalue weighted by Gasteiger charge is 2.30. The van der Waals surface area contributed by atoms with Crippen LogP contribution in [0.15, 0.2) is 70.7 Å². The van der Waals surface area contributed by atoms with Gasteiger partial charge in [0.05, 0.1) is 38.1 Å². The van der Waals surface area contributed by atoms with Gasteiger partial charge in [0.25, 0.3) is 15.9 Å². The normalized spacial score (nSPS) is 11.5. The Labute approximate surface area is 262 Å². The van der Waals surface area contributed by atoms with E-state index in [1.807, 2.05) is 19.9 Å². The molecule has 0 bridgehead atoms. The zero-order valence-electron chi connectivity index (χ0n) is 25.6. The van der Waals surface area contributed by atoms with Crippen molar-refractivity contribution in [3.63, 3.8) is 0 Å². The SMILES string of the molecule is COc1ccc(S(=O)(=O)N(CC(=O)NN=Cc2cc(C)n(-c3cc(C)cc(C)c3)c2C)c2cc(Cl)ccc2OC)cc1OC. The minimum absolute atomic E-state index is 0.0749. The van der Waals surface area contributed by atoms with Crippen LogP contribution >= 0.6 is 11.6 Å². The van der Waals surface area contributed by atoms with Gasteiger partial charge in [0.2, 0.25) is 0 Å². The molecule has 1 heterocycles. The molecule has 0 atom stereocenters. The summed E-state index contributed by atoms with van der Waals surface area (Å²) < 4.78 is 47.0. The number of methoxy groups -OCH3 is 3. The second-order valence-electron chi connectivity index (χ2n) is 10.1. The first kappa shape index (κ1) is 32.4. The number of carbonyl (C=O) groups is 1. The molecule has 10 nitrogen and oxygen atoms in total. The molecule has 1 amide bonds. The number of hydrogen-bond donors (Lipinski definition) is 1. The van der Waals surface area contributed by atoms with Crippen molar-refractivity contribution in [3.05, 3.63) is 93.8 Å². The van der Waals surface area contributed by atoms with E-state index in [9.17, 15) is 13.2 Å². The average Bonchev–Trinajstić information content (AvgIpc) is 3.26. The lowest BCUT2D eigenvalue weighted by molar-refractivity contribution is -0.119. The highest BCUT2D eigenvalue weighted by atomic mass is 35.5. The topological polar surface area (TPSA) is 111 Å². The van der Waals surface area contributed by atoms with E-state index in [1.165, 1.54) is 57.9 Å². The van der Waals surface area contributed by atoms with Crippen molar-refractivity contribution in [2.75, 3.05) is 32.2 Å². The molecule has 0 aliphatic rings. The van der Waals surface area contributed by atoms with Crippen LogP contribution < -0.4 is 23.9 Å². The van der Waals surface area contributed by atoms with Crippen LogP contribution in [0, 0.1) is 27.7 Å². The van der Waals surface area contributed by atoms with Crippen LogP contribution in [0.2, 0.25) is 5.02 Å². The molecule has 12 heteroatoms. The Bertz CT molecular complexity index is 1810. The first-order valence-corrected chi connectivity index (χ1v) is 15.4. The number of aromatic nitrogens is 1. The van der Waals surface area contributed by atoms with Crippen LogP contribution in [0.5, 0.6) is 17.2 Å². The van der Waals surface area contributed by atoms with Gasteiger partial charge in [-0.05, 0) is 87.4 Å². The maximum atomic E-state index is 14.0. The fourth-order valence-corrected chi connectivity index (χ4v) is 6.60. The number of halogens is 1. The van der Waals surface area contributed by atoms with Gasteiger partial charge in [-0.3, -0.25) is 9.10 Å². The van der Waals surface area contributed by atoms with Crippen molar-refractivity contribution in [1.29, 1.82) is 0 Å². The Hall–Kier alpha value is -4.48. The molecule has 0 aliphatic carbocycles. The number of nitrogens with zero attached hydrogens (tertiary/aromatic N) is 3. The molecular weight excluding hydrogens is 604 g/mol. The van der Waals surface area contributed by atoms with Crippen LogP contribution in [0.4, 0.5) is 5.69 Å². The number of ether oxygens (including phenoxy) is 3. The third-order valence-electron chi connectivity index (χ3n) is 6.97. The summed E-state index contributed by atoms with van der Waals surface area (Å²) in [4.78, 5) is 13.1. The summed E-state index contributed by atoms with van der Waals surface area (Å²) in [5.74, 6) is 0.0744. The van der Waals surface area contributed by atoms with Gasteiger partial charge in [-0.25, -0.2) is 13.8 Å². The Morgan fingerprint density at radius 1 is 0.886 bits per heavy atom. The number of nitrogens with one attached hydrogen (secondary N) is 1. The number of hydrogen-bond acceptors (Lipinski definition) is 7. The molecule has 232 valence electrons. The summed E-state index contributed by atoms with van der Waals surface area (Å²) in [5, 5.41) is 4.40. The largest absolute Gasteiger partial charge is 0.495 e. The van der Waals surface area contributed by atoms with E-state index in [-0.39, 0.29) is 27.1 Å². The van der Waals surface area contributed by atoms with E-state index in [0.717, 1.165) is 38.1 Å². The molecule has 0 unspecified atom stereocenters. The highest BCUT2D eigenvalue weighted by Crippen LogP contribution is 2.37. The van der Waals surface area contributed by atoms with Gasteiger partial charge in [0.1, 0.15) is 12.3 Å². The third kappa shape index (κ3) is 6.84. The smallest absolute Gasteiger partial charge is 0.265 e. The van der Waals surface area contributed by atoms with Crippen molar-refractivity contribution in [2.45, 2.75) is 32.6 Å². The van der Waals surface area contributed by atoms with Crippen LogP contribution in [-0.4, -0.2) is 53.0 Å². The Morgan fingerprint density at radius 3 is 2.16 bits per heavy atom. The quantitative estimate of drug-likeness (QED) is 0.166. The average molecular weight is 639 g/mol. The van der Waals surface area contributed by atoms with Crippen molar-refractivity contribution in [2.24, 2.45) is 5.10 Å². The molecule has 0 fully saturated rings. The van der Waals surface area contributed by atoms with Gasteiger partial charge in [-0.2, -0.15) is 5.10 Å². The van der Waals surface area contributed by atoms with E-state index in [1.54, 1.807) is 6.07 Å². The number of carbonyl (C=O) groups excluding carboxylic acids is 1. The predicted molar refractivity (Wildman–Crippen MR) is 173 cm³/mol. The summed E-state index contributed by atoms with van der Waals surface area (Å²) in [7, 11) is -0.0960. The fourth-order valence-electron chi connectivity index (χ4n) is 5.00. The first-order chi connectivity index (χ1) is 20.9. The summed E-state index contributed by atoms with van der Waals surface area (Å²) in [6.07, 6.45) is 1.53. The van der Waals surface area contributed by atoms with E-state index in [0.29, 0.717) is 5.75 Å². The standard InChI is InChI=1S/C32H35ClN4O6S/c1-20-12-21(2)14-26(13-20)37-22(3)15-24(23(37)4)18-34-35-32(38)19-36(28-16-25(33)8-10-29(28)41-5)44(39,40)27-9-11-30(42-6)31(17-27)43-7/h8-18H,19H2,1-7H3,(H,35,38). The Morgan fingerprint density at radius 2 is 1.52 bits per heavy atom. The summed E-state index contributed by atoms with van der Waals surface area (Å²) in [6.45, 7) is 7.45. The van der Waals surface area contributed by atoms with E-state index >= 15 is 0 Å². The second kappa shape index (κ2) is 13.4. The van der Waals surface area contributed by atoms with Crippen molar-refractivity contribution < 1.29 is 27.4 Å². The second-order valence-corrected chi connectivity index (χ2v) is 12.4. The molecule has 0 radical (unpaired) electrons. The van der Waals surface area contributed by atoms with Crippen LogP contribution in [0.1, 0.15) is 28.1 Å². The zero-order chi connectivity index (χ0) is 32.2. The molecule has 1 aromatic heterocycles. The molecule has 0 saturated carbocycles. The van der Waals surface area contributed by atoms with Gasteiger partial charge in [-0.15, -0.1) is 0 Å². The predicted octanol–water partition coefficient (Wildman–Crippen LogP) is 5.74. The monoisotopic (exact) mass is 638 g/mol. The summed E-state index contributed by atoms with van der Waals surface area (Å²) in [5.41, 5.74) is 8.61. The molecule has 0 aliphatic heterocycles. The zero-order valence-corrected chi connectivity index (χ0v) is 27.2. The lowest BCUT2D eigenvalue weighted by Crippen LogP contribution is -2.39. The summed E-state index contributed by atoms with van der Waals surface area (Å²) >= 11 is 6.24. The Balaban J connectivity index is 1.64. The van der Waals surface area contributed by atoms with Gasteiger partial charge in [0.15, 0.2) is 11.5 Å². The third-order valence-corrected chi connectivity index (χ3v) is 8.96. The minimum atomic E-state index is -4.34. The number of aryl methyl sites for hydroxylation is 3. The van der Waals surface area contributed by atoms with Gasteiger partial charge < -0.3 is 18.8 Å². The molecule has 3 aromatic carbocycles. The Kier molecular flexibility index (Phi) is 9.91. The van der Waals surface area contributed by atoms with Crippen molar-refractivity contribution in [3.8, 4) is 22.9 Å². The van der Waals surface area contributed by atoms with Gasteiger partial charge in [-0.1, -0.05) is 17.7 Å². The number of sulfonamides is 1. The molecule has 4 rings (SSSR count). The molecule has 0 saturated heterocycles. The van der Waals surface area contributed by atoms with Crippen molar-refractivity contribution >= 4 is 39.4 Å². The number of benzene rings is 3. The van der Waals surface area contributed by atoms with Crippen LogP contribution in [0.3, 0.4) is 0 Å². The maximum absolute atomic E-state index is 14.0. The van der Waals surface area contributed by atoms with Crippen molar-refractivity contribution in [1.82, 2.24) is 9.99 Å². The lowest BCUT2D eigenvalue weighted by atomic mass is 10.1. The minimum Gasteiger partial charge on any atom is -0.495 e. The van der Waals surface area contributed by atoms with E-state index in [2.05, 4.69) is 47.1 Å².